The molecule has 0 bridgehead atoms. The zero-order chi connectivity index (χ0) is 18.5. The minimum atomic E-state index is -0.407. The number of aromatic nitrogens is 1. The zero-order valence-corrected chi connectivity index (χ0v) is 13.9. The summed E-state index contributed by atoms with van der Waals surface area (Å²) < 4.78 is 10.7. The van der Waals surface area contributed by atoms with Crippen molar-refractivity contribution >= 4 is 11.4 Å². The summed E-state index contributed by atoms with van der Waals surface area (Å²) in [6, 6.07) is 16.4. The van der Waals surface area contributed by atoms with E-state index in [1.54, 1.807) is 18.2 Å². The summed E-state index contributed by atoms with van der Waals surface area (Å²) in [4.78, 5) is 15.9. The number of hydrogen-bond donors (Lipinski definition) is 2. The van der Waals surface area contributed by atoms with E-state index in [2.05, 4.69) is 4.98 Å². The largest absolute Gasteiger partial charge is 0.494 e. The predicted octanol–water partition coefficient (Wildman–Crippen LogP) is 3.64. The Labute approximate surface area is 153 Å². The molecule has 0 saturated heterocycles. The molecule has 2 heterocycles. The number of fused-ring (bicyclic) bond motifs is 2. The van der Waals surface area contributed by atoms with Gasteiger partial charge in [0.2, 0.25) is 12.6 Å². The summed E-state index contributed by atoms with van der Waals surface area (Å²) in [5.74, 6) is 0.591. The molecule has 2 N–H and O–H groups in total. The van der Waals surface area contributed by atoms with Crippen molar-refractivity contribution in [2.24, 2.45) is 0 Å². The second-order valence-corrected chi connectivity index (χ2v) is 6.22. The topological polar surface area (TPSA) is 95.3 Å². The highest BCUT2D eigenvalue weighted by molar-refractivity contribution is 6.28. The number of Topliss-reactive ketones (excluding diaryl/α,β-unsaturated/α-hetero) is 1. The second kappa shape index (κ2) is 5.51. The first-order valence-electron chi connectivity index (χ1n) is 8.29. The summed E-state index contributed by atoms with van der Waals surface area (Å²) >= 11 is 0. The number of nitrogens with zero attached hydrogens (tertiary/aromatic N) is 1. The number of benzene rings is 2. The van der Waals surface area contributed by atoms with Crippen molar-refractivity contribution in [3.05, 3.63) is 70.8 Å². The van der Waals surface area contributed by atoms with Crippen LogP contribution >= 0.6 is 0 Å². The van der Waals surface area contributed by atoms with Gasteiger partial charge in [-0.15, -0.1) is 0 Å². The van der Waals surface area contributed by atoms with Crippen LogP contribution in [0.15, 0.2) is 54.1 Å². The van der Waals surface area contributed by atoms with E-state index in [0.717, 1.165) is 5.56 Å². The molecule has 1 aliphatic heterocycles. The van der Waals surface area contributed by atoms with Crippen molar-refractivity contribution in [2.75, 3.05) is 6.79 Å². The van der Waals surface area contributed by atoms with Crippen LogP contribution in [0.3, 0.4) is 0 Å². The number of ketones is 1. The fraction of sp³-hybridized carbons (Fsp3) is 0.0476. The van der Waals surface area contributed by atoms with Crippen molar-refractivity contribution in [3.8, 4) is 34.7 Å². The first-order chi connectivity index (χ1) is 13.2. The van der Waals surface area contributed by atoms with E-state index < -0.39 is 5.78 Å². The second-order valence-electron chi connectivity index (χ2n) is 6.22. The van der Waals surface area contributed by atoms with Gasteiger partial charge in [-0.1, -0.05) is 36.4 Å². The molecule has 0 fully saturated rings. The molecule has 1 aliphatic carbocycles. The van der Waals surface area contributed by atoms with E-state index in [1.807, 2.05) is 36.4 Å². The molecule has 0 unspecified atom stereocenters. The van der Waals surface area contributed by atoms with Gasteiger partial charge < -0.3 is 19.6 Å². The lowest BCUT2D eigenvalue weighted by Gasteiger charge is -2.06. The third-order valence-corrected chi connectivity index (χ3v) is 4.77. The minimum Gasteiger partial charge on any atom is -0.494 e. The Hall–Kier alpha value is -3.98. The number of nitrogens with one attached hydrogen (secondary N) is 1. The van der Waals surface area contributed by atoms with Gasteiger partial charge in [0.1, 0.15) is 11.6 Å². The van der Waals surface area contributed by atoms with E-state index in [-0.39, 0.29) is 18.2 Å². The van der Waals surface area contributed by atoms with Crippen LogP contribution < -0.4 is 9.47 Å². The van der Waals surface area contributed by atoms with E-state index >= 15 is 0 Å². The molecular formula is C21H12N2O4. The Bertz CT molecular complexity index is 1180. The normalized spacial score (nSPS) is 14.4. The Morgan fingerprint density at radius 1 is 1.00 bits per heavy atom. The van der Waals surface area contributed by atoms with Crippen LogP contribution in [0.1, 0.15) is 21.5 Å². The highest BCUT2D eigenvalue weighted by Gasteiger charge is 2.38. The van der Waals surface area contributed by atoms with Crippen molar-refractivity contribution < 1.29 is 19.4 Å². The standard InChI is InChI=1S/C21H12N2O4/c22-9-13-16(12-6-7-14-15(8-12)27-10-26-14)17-18(20(13)24)19(23-21(17)25)11-4-2-1-3-5-11/h1-8,23,25H,10H2. The number of carbonyl (C=O) groups excluding carboxylic acids is 1. The number of H-pyrrole nitrogens is 1. The predicted molar refractivity (Wildman–Crippen MR) is 96.4 cm³/mol. The Morgan fingerprint density at radius 2 is 1.78 bits per heavy atom. The third kappa shape index (κ3) is 2.09. The molecule has 0 radical (unpaired) electrons. The SMILES string of the molecule is N#CC1=C(c2ccc3c(c2)OCO3)c2c(O)[nH]c(-c3ccccc3)c2C1=O. The van der Waals surface area contributed by atoms with Gasteiger partial charge in [0.25, 0.3) is 0 Å². The van der Waals surface area contributed by atoms with E-state index in [1.165, 1.54) is 0 Å². The summed E-state index contributed by atoms with van der Waals surface area (Å²) in [6.45, 7) is 0.126. The summed E-state index contributed by atoms with van der Waals surface area (Å²) in [7, 11) is 0. The Balaban J connectivity index is 1.75. The molecule has 0 amide bonds. The van der Waals surface area contributed by atoms with Crippen molar-refractivity contribution in [2.45, 2.75) is 0 Å². The fourth-order valence-corrected chi connectivity index (χ4v) is 3.59. The van der Waals surface area contributed by atoms with Gasteiger partial charge >= 0.3 is 0 Å². The van der Waals surface area contributed by atoms with Crippen LogP contribution in [0.5, 0.6) is 17.4 Å². The van der Waals surface area contributed by atoms with Crippen molar-refractivity contribution in [1.82, 2.24) is 4.98 Å². The molecule has 0 spiro atoms. The number of rotatable bonds is 2. The first-order valence-corrected chi connectivity index (χ1v) is 8.29. The van der Waals surface area contributed by atoms with Crippen LogP contribution in [0.25, 0.3) is 16.8 Å². The maximum atomic E-state index is 13.0. The van der Waals surface area contributed by atoms with Crippen molar-refractivity contribution in [1.29, 1.82) is 5.26 Å². The molecule has 6 nitrogen and oxygen atoms in total. The highest BCUT2D eigenvalue weighted by atomic mass is 16.7. The maximum absolute atomic E-state index is 13.0. The molecule has 0 saturated carbocycles. The van der Waals surface area contributed by atoms with E-state index in [4.69, 9.17) is 9.47 Å². The molecule has 2 aliphatic rings. The molecule has 0 atom stereocenters. The number of aromatic hydroxyl groups is 1. The monoisotopic (exact) mass is 356 g/mol. The van der Waals surface area contributed by atoms with Gasteiger partial charge in [0.15, 0.2) is 17.4 Å². The highest BCUT2D eigenvalue weighted by Crippen LogP contribution is 2.47. The summed E-state index contributed by atoms with van der Waals surface area (Å²) in [6.07, 6.45) is 0. The average molecular weight is 356 g/mol. The summed E-state index contributed by atoms with van der Waals surface area (Å²) in [5, 5.41) is 20.2. The number of allylic oxidation sites excluding steroid dienone is 1. The molecule has 1 aromatic heterocycles. The van der Waals surface area contributed by atoms with Gasteiger partial charge in [-0.05, 0) is 23.3 Å². The smallest absolute Gasteiger partial charge is 0.231 e. The number of ether oxygens (including phenoxy) is 2. The number of carbonyl (C=O) groups is 1. The lowest BCUT2D eigenvalue weighted by molar-refractivity contribution is 0.104. The van der Waals surface area contributed by atoms with E-state index in [0.29, 0.717) is 39.5 Å². The fourth-order valence-electron chi connectivity index (χ4n) is 3.59. The van der Waals surface area contributed by atoms with Crippen LogP contribution in [-0.4, -0.2) is 22.7 Å². The van der Waals surface area contributed by atoms with Crippen LogP contribution in [0.4, 0.5) is 0 Å². The number of aromatic amines is 1. The van der Waals surface area contributed by atoms with E-state index in [9.17, 15) is 15.2 Å². The maximum Gasteiger partial charge on any atom is 0.231 e. The van der Waals surface area contributed by atoms with Crippen LogP contribution in [0, 0.1) is 11.3 Å². The molecule has 6 heteroatoms. The first kappa shape index (κ1) is 15.3. The lowest BCUT2D eigenvalue weighted by Crippen LogP contribution is -1.98. The molecule has 130 valence electrons. The molecule has 3 aromatic rings. The molecule has 27 heavy (non-hydrogen) atoms. The lowest BCUT2D eigenvalue weighted by atomic mass is 9.98. The van der Waals surface area contributed by atoms with Crippen LogP contribution in [0.2, 0.25) is 0 Å². The third-order valence-electron chi connectivity index (χ3n) is 4.77. The van der Waals surface area contributed by atoms with Gasteiger partial charge in [0.05, 0.1) is 16.8 Å². The summed E-state index contributed by atoms with van der Waals surface area (Å²) in [5.41, 5.74) is 2.91. The molecular weight excluding hydrogens is 344 g/mol. The molecule has 2 aromatic carbocycles. The van der Waals surface area contributed by atoms with Gasteiger partial charge in [-0.25, -0.2) is 0 Å². The Morgan fingerprint density at radius 3 is 2.56 bits per heavy atom. The van der Waals surface area contributed by atoms with Gasteiger partial charge in [-0.2, -0.15) is 5.26 Å². The number of nitriles is 1. The number of hydrogen-bond acceptors (Lipinski definition) is 5. The Kier molecular flexibility index (Phi) is 3.12. The quantitative estimate of drug-likeness (QED) is 0.731. The van der Waals surface area contributed by atoms with Gasteiger partial charge in [-0.3, -0.25) is 4.79 Å². The van der Waals surface area contributed by atoms with Crippen molar-refractivity contribution in [3.63, 3.8) is 0 Å². The minimum absolute atomic E-state index is 0.000321. The van der Waals surface area contributed by atoms with Gasteiger partial charge in [0, 0.05) is 5.57 Å². The zero-order valence-electron chi connectivity index (χ0n) is 13.9. The van der Waals surface area contributed by atoms with Crippen LogP contribution in [-0.2, 0) is 0 Å². The molecule has 5 rings (SSSR count). The average Bonchev–Trinajstić information content (AvgIpc) is 3.37.